The van der Waals surface area contributed by atoms with Crippen molar-refractivity contribution < 1.29 is 13.2 Å². The first-order valence-electron chi connectivity index (χ1n) is 6.57. The van der Waals surface area contributed by atoms with Crippen molar-refractivity contribution >= 4 is 0 Å². The minimum Gasteiger partial charge on any atom is -0.197 e. The third-order valence-electron chi connectivity index (χ3n) is 3.94. The van der Waals surface area contributed by atoms with E-state index in [9.17, 15) is 18.4 Å². The van der Waals surface area contributed by atoms with Gasteiger partial charge in [-0.2, -0.15) is 18.4 Å². The van der Waals surface area contributed by atoms with Gasteiger partial charge in [-0.05, 0) is 30.5 Å². The second kappa shape index (κ2) is 5.24. The molecule has 0 N–H and O–H groups in total. The lowest BCUT2D eigenvalue weighted by Crippen LogP contribution is -2.23. The Morgan fingerprint density at radius 2 is 1.47 bits per heavy atom. The zero-order valence-corrected chi connectivity index (χ0v) is 10.6. The maximum absolute atomic E-state index is 12.5. The molecule has 0 heterocycles. The van der Waals surface area contributed by atoms with E-state index in [0.717, 1.165) is 56.2 Å². The maximum Gasteiger partial charge on any atom is 0.416 e. The first-order chi connectivity index (χ1) is 8.98. The Morgan fingerprint density at radius 3 is 1.89 bits per heavy atom. The van der Waals surface area contributed by atoms with Crippen molar-refractivity contribution in [3.8, 4) is 6.07 Å². The minimum absolute atomic E-state index is 0.597. The fourth-order valence-corrected chi connectivity index (χ4v) is 2.78. The molecule has 1 aliphatic carbocycles. The molecule has 1 nitrogen and oxygen atoms in total. The highest BCUT2D eigenvalue weighted by molar-refractivity contribution is 5.35. The molecule has 0 radical (unpaired) electrons. The number of nitriles is 1. The van der Waals surface area contributed by atoms with Gasteiger partial charge in [0.15, 0.2) is 0 Å². The summed E-state index contributed by atoms with van der Waals surface area (Å²) in [7, 11) is 0. The SMILES string of the molecule is N#CC1(c2ccc(C(F)(F)F)cc2)CCCCCC1. The summed E-state index contributed by atoms with van der Waals surface area (Å²) in [5.41, 5.74) is -0.525. The summed E-state index contributed by atoms with van der Waals surface area (Å²) in [5, 5.41) is 9.48. The lowest BCUT2D eigenvalue weighted by Gasteiger charge is -2.25. The van der Waals surface area contributed by atoms with Crippen LogP contribution in [0.25, 0.3) is 0 Å². The summed E-state index contributed by atoms with van der Waals surface area (Å²) in [6.45, 7) is 0. The summed E-state index contributed by atoms with van der Waals surface area (Å²) in [5.74, 6) is 0. The predicted octanol–water partition coefficient (Wildman–Crippen LogP) is 4.82. The molecule has 1 saturated carbocycles. The van der Waals surface area contributed by atoms with Gasteiger partial charge in [-0.1, -0.05) is 37.8 Å². The van der Waals surface area contributed by atoms with Crippen molar-refractivity contribution in [3.63, 3.8) is 0 Å². The van der Waals surface area contributed by atoms with E-state index < -0.39 is 17.2 Å². The molecule has 1 aromatic carbocycles. The number of halogens is 3. The summed E-state index contributed by atoms with van der Waals surface area (Å²) in [4.78, 5) is 0. The van der Waals surface area contributed by atoms with E-state index >= 15 is 0 Å². The summed E-state index contributed by atoms with van der Waals surface area (Å²) < 4.78 is 37.6. The van der Waals surface area contributed by atoms with Crippen LogP contribution >= 0.6 is 0 Å². The standard InChI is InChI=1S/C15H16F3N/c16-15(17,18)13-7-5-12(6-8-13)14(11-19)9-3-1-2-4-10-14/h5-8H,1-4,9-10H2. The van der Waals surface area contributed by atoms with Crippen molar-refractivity contribution in [2.24, 2.45) is 0 Å². The van der Waals surface area contributed by atoms with Gasteiger partial charge < -0.3 is 0 Å². The van der Waals surface area contributed by atoms with Crippen LogP contribution in [-0.4, -0.2) is 0 Å². The van der Waals surface area contributed by atoms with Gasteiger partial charge in [-0.3, -0.25) is 0 Å². The molecule has 0 bridgehead atoms. The largest absolute Gasteiger partial charge is 0.416 e. The van der Waals surface area contributed by atoms with Crippen LogP contribution in [-0.2, 0) is 11.6 Å². The van der Waals surface area contributed by atoms with Crippen molar-refractivity contribution in [2.75, 3.05) is 0 Å². The van der Waals surface area contributed by atoms with E-state index in [1.165, 1.54) is 12.1 Å². The number of nitrogens with zero attached hydrogens (tertiary/aromatic N) is 1. The Kier molecular flexibility index (Phi) is 3.84. The molecule has 0 aliphatic heterocycles. The summed E-state index contributed by atoms with van der Waals surface area (Å²) >= 11 is 0. The van der Waals surface area contributed by atoms with Gasteiger partial charge in [0.2, 0.25) is 0 Å². The van der Waals surface area contributed by atoms with Crippen LogP contribution in [0.4, 0.5) is 13.2 Å². The van der Waals surface area contributed by atoms with Gasteiger partial charge in [0.05, 0.1) is 17.0 Å². The number of hydrogen-bond donors (Lipinski definition) is 0. The minimum atomic E-state index is -4.32. The Labute approximate surface area is 111 Å². The van der Waals surface area contributed by atoms with Gasteiger partial charge in [0.25, 0.3) is 0 Å². The van der Waals surface area contributed by atoms with Gasteiger partial charge in [0.1, 0.15) is 0 Å². The van der Waals surface area contributed by atoms with Crippen LogP contribution < -0.4 is 0 Å². The maximum atomic E-state index is 12.5. The van der Waals surface area contributed by atoms with Gasteiger partial charge in [-0.25, -0.2) is 0 Å². The van der Waals surface area contributed by atoms with Gasteiger partial charge >= 0.3 is 6.18 Å². The zero-order valence-electron chi connectivity index (χ0n) is 10.6. The van der Waals surface area contributed by atoms with E-state index in [1.54, 1.807) is 0 Å². The first kappa shape index (κ1) is 13.9. The van der Waals surface area contributed by atoms with Crippen LogP contribution in [0.3, 0.4) is 0 Å². The molecule has 2 rings (SSSR count). The van der Waals surface area contributed by atoms with Crippen molar-refractivity contribution in [3.05, 3.63) is 35.4 Å². The molecule has 0 aromatic heterocycles. The molecule has 1 aromatic rings. The highest BCUT2D eigenvalue weighted by Gasteiger charge is 2.35. The van der Waals surface area contributed by atoms with E-state index in [-0.39, 0.29) is 0 Å². The Hall–Kier alpha value is -1.50. The lowest BCUT2D eigenvalue weighted by atomic mass is 9.75. The van der Waals surface area contributed by atoms with Crippen molar-refractivity contribution in [2.45, 2.75) is 50.1 Å². The first-order valence-corrected chi connectivity index (χ1v) is 6.57. The van der Waals surface area contributed by atoms with Gasteiger partial charge in [-0.15, -0.1) is 0 Å². The highest BCUT2D eigenvalue weighted by atomic mass is 19.4. The van der Waals surface area contributed by atoms with E-state index in [0.29, 0.717) is 0 Å². The molecule has 19 heavy (non-hydrogen) atoms. The third-order valence-corrected chi connectivity index (χ3v) is 3.94. The molecule has 4 heteroatoms. The average Bonchev–Trinajstić information content (AvgIpc) is 2.64. The zero-order chi connectivity index (χ0) is 13.9. The van der Waals surface area contributed by atoms with Crippen LogP contribution in [0.15, 0.2) is 24.3 Å². The molecule has 0 amide bonds. The number of benzene rings is 1. The monoisotopic (exact) mass is 267 g/mol. The Bertz CT molecular complexity index is 460. The second-order valence-corrected chi connectivity index (χ2v) is 5.18. The molecular formula is C15H16F3N. The fourth-order valence-electron chi connectivity index (χ4n) is 2.78. The molecular weight excluding hydrogens is 251 g/mol. The molecule has 0 spiro atoms. The van der Waals surface area contributed by atoms with E-state index in [4.69, 9.17) is 0 Å². The summed E-state index contributed by atoms with van der Waals surface area (Å²) in [6, 6.07) is 7.46. The number of hydrogen-bond acceptors (Lipinski definition) is 1. The van der Waals surface area contributed by atoms with E-state index in [2.05, 4.69) is 6.07 Å². The Balaban J connectivity index is 2.31. The molecule has 0 unspecified atom stereocenters. The smallest absolute Gasteiger partial charge is 0.197 e. The highest BCUT2D eigenvalue weighted by Crippen LogP contribution is 2.39. The van der Waals surface area contributed by atoms with Crippen LogP contribution in [0.2, 0.25) is 0 Å². The van der Waals surface area contributed by atoms with Crippen LogP contribution in [0, 0.1) is 11.3 Å². The fraction of sp³-hybridized carbons (Fsp3) is 0.533. The molecule has 1 fully saturated rings. The quantitative estimate of drug-likeness (QED) is 0.669. The molecule has 0 atom stereocenters. The lowest BCUT2D eigenvalue weighted by molar-refractivity contribution is -0.137. The molecule has 1 aliphatic rings. The predicted molar refractivity (Wildman–Crippen MR) is 66.4 cm³/mol. The molecule has 102 valence electrons. The Morgan fingerprint density at radius 1 is 0.947 bits per heavy atom. The number of rotatable bonds is 1. The molecule has 0 saturated heterocycles. The van der Waals surface area contributed by atoms with Crippen LogP contribution in [0.5, 0.6) is 0 Å². The van der Waals surface area contributed by atoms with Crippen LogP contribution in [0.1, 0.15) is 49.7 Å². The van der Waals surface area contributed by atoms with Crippen molar-refractivity contribution in [1.82, 2.24) is 0 Å². The summed E-state index contributed by atoms with van der Waals surface area (Å²) in [6.07, 6.45) is 1.31. The third kappa shape index (κ3) is 2.91. The van der Waals surface area contributed by atoms with E-state index in [1.807, 2.05) is 0 Å². The topological polar surface area (TPSA) is 23.8 Å². The van der Waals surface area contributed by atoms with Crippen molar-refractivity contribution in [1.29, 1.82) is 5.26 Å². The average molecular weight is 267 g/mol. The second-order valence-electron chi connectivity index (χ2n) is 5.18. The normalized spacial score (nSPS) is 19.5. The number of alkyl halides is 3. The van der Waals surface area contributed by atoms with Gasteiger partial charge in [0, 0.05) is 0 Å².